The second-order valence-electron chi connectivity index (χ2n) is 3.57. The van der Waals surface area contributed by atoms with Crippen molar-refractivity contribution in [1.29, 1.82) is 0 Å². The van der Waals surface area contributed by atoms with E-state index in [4.69, 9.17) is 0 Å². The molecule has 1 rings (SSSR count). The van der Waals surface area contributed by atoms with Crippen LogP contribution in [0.1, 0.15) is 18.1 Å². The van der Waals surface area contributed by atoms with E-state index in [1.54, 1.807) is 6.92 Å². The van der Waals surface area contributed by atoms with Crippen LogP contribution in [0.2, 0.25) is 0 Å². The molecule has 0 aromatic heterocycles. The van der Waals surface area contributed by atoms with Gasteiger partial charge in [-0.05, 0) is 37.1 Å². The van der Waals surface area contributed by atoms with E-state index in [1.165, 1.54) is 26.0 Å². The molecule has 0 spiro atoms. The number of benzene rings is 1. The molecule has 0 fully saturated rings. The van der Waals surface area contributed by atoms with Crippen molar-refractivity contribution in [3.8, 4) is 0 Å². The highest BCUT2D eigenvalue weighted by Crippen LogP contribution is 2.23. The van der Waals surface area contributed by atoms with E-state index in [0.717, 1.165) is 0 Å². The van der Waals surface area contributed by atoms with E-state index in [1.807, 2.05) is 0 Å². The number of hydrogen-bond acceptors (Lipinski definition) is 4. The summed E-state index contributed by atoms with van der Waals surface area (Å²) in [6.07, 6.45) is 0. The zero-order chi connectivity index (χ0) is 12.5. The largest absolute Gasteiger partial charge is 0.744 e. The van der Waals surface area contributed by atoms with Gasteiger partial charge in [-0.15, -0.1) is 0 Å². The minimum atomic E-state index is -4.46. The number of anilines is 1. The second kappa shape index (κ2) is 4.23. The van der Waals surface area contributed by atoms with Crippen molar-refractivity contribution in [3.63, 3.8) is 0 Å². The molecule has 0 heterocycles. The van der Waals surface area contributed by atoms with Gasteiger partial charge in [0.1, 0.15) is 10.1 Å². The Hall–Kier alpha value is -1.40. The van der Waals surface area contributed by atoms with Gasteiger partial charge in [0.05, 0.1) is 4.90 Å². The molecule has 0 aliphatic rings. The molecule has 0 saturated carbocycles. The summed E-state index contributed by atoms with van der Waals surface area (Å²) in [5.74, 6) is -0.250. The Labute approximate surface area is 94.2 Å². The molecule has 88 valence electrons. The third-order valence-electron chi connectivity index (χ3n) is 2.10. The third kappa shape index (κ3) is 2.80. The van der Waals surface area contributed by atoms with Gasteiger partial charge in [-0.3, -0.25) is 4.79 Å². The molecule has 0 unspecified atom stereocenters. The number of rotatable bonds is 2. The lowest BCUT2D eigenvalue weighted by Gasteiger charge is -2.14. The van der Waals surface area contributed by atoms with Crippen molar-refractivity contribution in [2.45, 2.75) is 25.7 Å². The molecule has 0 atom stereocenters. The fourth-order valence-corrected chi connectivity index (χ4v) is 2.16. The first-order chi connectivity index (χ1) is 7.21. The van der Waals surface area contributed by atoms with Gasteiger partial charge in [-0.25, -0.2) is 8.42 Å². The van der Waals surface area contributed by atoms with Gasteiger partial charge in [-0.1, -0.05) is 0 Å². The summed E-state index contributed by atoms with van der Waals surface area (Å²) in [6.45, 7) is 4.49. The normalized spacial score (nSPS) is 11.2. The molecule has 0 saturated heterocycles. The molecule has 0 bridgehead atoms. The maximum Gasteiger partial charge on any atom is 0.221 e. The standard InChI is InChI=1S/C10H13NO4S/c1-6-5-10(16(13,14)15)7(2)4-9(6)11-8(3)12/h4-5H,1-3H3,(H,11,12)(H,13,14,15)/p-1. The highest BCUT2D eigenvalue weighted by molar-refractivity contribution is 7.85. The van der Waals surface area contributed by atoms with Gasteiger partial charge < -0.3 is 9.87 Å². The molecule has 0 radical (unpaired) electrons. The van der Waals surface area contributed by atoms with Crippen molar-refractivity contribution in [2.24, 2.45) is 0 Å². The van der Waals surface area contributed by atoms with E-state index in [9.17, 15) is 17.8 Å². The fraction of sp³-hybridized carbons (Fsp3) is 0.300. The highest BCUT2D eigenvalue weighted by Gasteiger charge is 2.10. The monoisotopic (exact) mass is 242 g/mol. The van der Waals surface area contributed by atoms with Crippen molar-refractivity contribution < 1.29 is 17.8 Å². The molecular formula is C10H12NO4S-. The van der Waals surface area contributed by atoms with Crippen LogP contribution < -0.4 is 5.32 Å². The number of carbonyl (C=O) groups excluding carboxylic acids is 1. The van der Waals surface area contributed by atoms with Gasteiger partial charge in [0.15, 0.2) is 0 Å². The van der Waals surface area contributed by atoms with Crippen LogP contribution in [0.25, 0.3) is 0 Å². The second-order valence-corrected chi connectivity index (χ2v) is 4.92. The fourth-order valence-electron chi connectivity index (χ4n) is 1.38. The van der Waals surface area contributed by atoms with Crippen molar-refractivity contribution in [2.75, 3.05) is 5.32 Å². The zero-order valence-corrected chi connectivity index (χ0v) is 10.0. The lowest BCUT2D eigenvalue weighted by atomic mass is 10.1. The molecular weight excluding hydrogens is 230 g/mol. The number of amides is 1. The zero-order valence-electron chi connectivity index (χ0n) is 9.20. The van der Waals surface area contributed by atoms with Crippen molar-refractivity contribution in [3.05, 3.63) is 23.3 Å². The Morgan fingerprint density at radius 2 is 1.81 bits per heavy atom. The summed E-state index contributed by atoms with van der Waals surface area (Å²) in [5.41, 5.74) is 1.37. The van der Waals surface area contributed by atoms with Crippen LogP contribution in [0.5, 0.6) is 0 Å². The lowest BCUT2D eigenvalue weighted by Crippen LogP contribution is -2.09. The average molecular weight is 242 g/mol. The first-order valence-corrected chi connectivity index (χ1v) is 5.97. The first kappa shape index (κ1) is 12.7. The first-order valence-electron chi connectivity index (χ1n) is 4.56. The van der Waals surface area contributed by atoms with Gasteiger partial charge >= 0.3 is 0 Å². The maximum atomic E-state index is 10.9. The summed E-state index contributed by atoms with van der Waals surface area (Å²) in [7, 11) is -4.46. The molecule has 1 amide bonds. The van der Waals surface area contributed by atoms with Crippen molar-refractivity contribution in [1.82, 2.24) is 0 Å². The van der Waals surface area contributed by atoms with Crippen molar-refractivity contribution >= 4 is 21.7 Å². The molecule has 16 heavy (non-hydrogen) atoms. The van der Waals surface area contributed by atoms with Crippen LogP contribution >= 0.6 is 0 Å². The van der Waals surface area contributed by atoms with Crippen LogP contribution in [0.3, 0.4) is 0 Å². The summed E-state index contributed by atoms with van der Waals surface area (Å²) >= 11 is 0. The molecule has 0 aliphatic carbocycles. The average Bonchev–Trinajstić information content (AvgIpc) is 2.07. The SMILES string of the molecule is CC(=O)Nc1cc(C)c(S(=O)(=O)[O-])cc1C. The third-order valence-corrected chi connectivity index (χ3v) is 3.08. The molecule has 1 aromatic carbocycles. The van der Waals surface area contributed by atoms with E-state index in [2.05, 4.69) is 5.32 Å². The maximum absolute atomic E-state index is 10.9. The predicted molar refractivity (Wildman–Crippen MR) is 58.2 cm³/mol. The van der Waals surface area contributed by atoms with E-state index in [-0.39, 0.29) is 10.8 Å². The summed E-state index contributed by atoms with van der Waals surface area (Å²) in [4.78, 5) is 10.6. The number of aryl methyl sites for hydroxylation is 2. The van der Waals surface area contributed by atoms with E-state index < -0.39 is 10.1 Å². The minimum absolute atomic E-state index is 0.250. The quantitative estimate of drug-likeness (QED) is 0.788. The van der Waals surface area contributed by atoms with E-state index in [0.29, 0.717) is 16.8 Å². The van der Waals surface area contributed by atoms with E-state index >= 15 is 0 Å². The summed E-state index contributed by atoms with van der Waals surface area (Å²) < 4.78 is 32.7. The Balaban J connectivity index is 3.33. The van der Waals surface area contributed by atoms with Gasteiger partial charge in [0, 0.05) is 12.6 Å². The number of carbonyl (C=O) groups is 1. The predicted octanol–water partition coefficient (Wildman–Crippen LogP) is 1.17. The molecule has 1 N–H and O–H groups in total. The Morgan fingerprint density at radius 1 is 1.25 bits per heavy atom. The molecule has 0 aliphatic heterocycles. The molecule has 1 aromatic rings. The highest BCUT2D eigenvalue weighted by atomic mass is 32.2. The number of nitrogens with one attached hydrogen (secondary N) is 1. The van der Waals surface area contributed by atoms with Crippen LogP contribution in [0, 0.1) is 13.8 Å². The number of hydrogen-bond donors (Lipinski definition) is 1. The smallest absolute Gasteiger partial charge is 0.221 e. The minimum Gasteiger partial charge on any atom is -0.744 e. The van der Waals surface area contributed by atoms with Gasteiger partial charge in [0.25, 0.3) is 0 Å². The van der Waals surface area contributed by atoms with Crippen LogP contribution in [-0.4, -0.2) is 18.9 Å². The van der Waals surface area contributed by atoms with Crippen LogP contribution in [0.4, 0.5) is 5.69 Å². The lowest BCUT2D eigenvalue weighted by molar-refractivity contribution is -0.114. The Morgan fingerprint density at radius 3 is 2.25 bits per heavy atom. The Kier molecular flexibility index (Phi) is 3.35. The summed E-state index contributed by atoms with van der Waals surface area (Å²) in [6, 6.07) is 2.74. The Bertz CT molecular complexity index is 534. The summed E-state index contributed by atoms with van der Waals surface area (Å²) in [5, 5.41) is 2.56. The molecule has 5 nitrogen and oxygen atoms in total. The molecule has 6 heteroatoms. The topological polar surface area (TPSA) is 86.3 Å². The van der Waals surface area contributed by atoms with Crippen LogP contribution in [0.15, 0.2) is 17.0 Å². The van der Waals surface area contributed by atoms with Crippen LogP contribution in [-0.2, 0) is 14.9 Å². The van der Waals surface area contributed by atoms with Gasteiger partial charge in [-0.2, -0.15) is 0 Å². The van der Waals surface area contributed by atoms with Gasteiger partial charge in [0.2, 0.25) is 5.91 Å².